The van der Waals surface area contributed by atoms with Crippen LogP contribution in [0, 0.1) is 5.92 Å². The Morgan fingerprint density at radius 3 is 2.55 bits per heavy atom. The number of sulfonamides is 1. The van der Waals surface area contributed by atoms with Crippen molar-refractivity contribution in [2.45, 2.75) is 57.6 Å². The molecule has 9 nitrogen and oxygen atoms in total. The monoisotopic (exact) mass is 559 g/mol. The maximum absolute atomic E-state index is 13.8. The van der Waals surface area contributed by atoms with Crippen molar-refractivity contribution >= 4 is 33.4 Å². The second-order valence-corrected chi connectivity index (χ2v) is 13.1. The van der Waals surface area contributed by atoms with E-state index >= 15 is 0 Å². The van der Waals surface area contributed by atoms with Crippen LogP contribution >= 0.6 is 11.6 Å². The number of hydrogen-bond donors (Lipinski definition) is 0. The van der Waals surface area contributed by atoms with Crippen LogP contribution in [0.1, 0.15) is 47.1 Å². The Bertz CT molecular complexity index is 1390. The summed E-state index contributed by atoms with van der Waals surface area (Å²) in [5.74, 6) is 0.530. The fourth-order valence-electron chi connectivity index (χ4n) is 4.45. The van der Waals surface area contributed by atoms with E-state index in [0.717, 1.165) is 0 Å². The van der Waals surface area contributed by atoms with E-state index in [4.69, 9.17) is 16.3 Å². The van der Waals surface area contributed by atoms with Gasteiger partial charge >= 0.3 is 6.09 Å². The minimum atomic E-state index is -3.88. The summed E-state index contributed by atoms with van der Waals surface area (Å²) in [5.41, 5.74) is 0.422. The molecule has 3 aromatic rings. The van der Waals surface area contributed by atoms with Crippen LogP contribution < -0.4 is 4.31 Å². The zero-order chi connectivity index (χ0) is 27.7. The molecule has 0 aliphatic carbocycles. The van der Waals surface area contributed by atoms with E-state index in [0.29, 0.717) is 41.6 Å². The molecule has 1 aromatic heterocycles. The Kier molecular flexibility index (Phi) is 8.04. The number of nitrogens with zero attached hydrogens (tertiary/aromatic N) is 5. The van der Waals surface area contributed by atoms with Crippen LogP contribution in [0.2, 0.25) is 5.02 Å². The molecule has 1 amide bonds. The predicted octanol–water partition coefficient (Wildman–Crippen LogP) is 5.63. The average molecular weight is 560 g/mol. The van der Waals surface area contributed by atoms with Gasteiger partial charge in [-0.25, -0.2) is 13.2 Å². The minimum Gasteiger partial charge on any atom is -0.444 e. The van der Waals surface area contributed by atoms with Gasteiger partial charge in [-0.05, 0) is 63.4 Å². The number of rotatable bonds is 7. The molecule has 4 rings (SSSR count). The molecular formula is C27H34ClN5O4S. The smallest absolute Gasteiger partial charge is 0.410 e. The summed E-state index contributed by atoms with van der Waals surface area (Å²) in [5, 5.41) is 8.97. The molecule has 38 heavy (non-hydrogen) atoms. The first-order chi connectivity index (χ1) is 17.9. The molecule has 204 valence electrons. The van der Waals surface area contributed by atoms with Crippen molar-refractivity contribution in [1.82, 2.24) is 19.7 Å². The summed E-state index contributed by atoms with van der Waals surface area (Å²) in [4.78, 5) is 14.5. The van der Waals surface area contributed by atoms with Gasteiger partial charge in [-0.15, -0.1) is 10.2 Å². The molecule has 11 heteroatoms. The van der Waals surface area contributed by atoms with Crippen molar-refractivity contribution in [3.05, 3.63) is 59.9 Å². The lowest BCUT2D eigenvalue weighted by atomic mass is 10.1. The summed E-state index contributed by atoms with van der Waals surface area (Å²) in [6.07, 6.45) is 1.93. The van der Waals surface area contributed by atoms with E-state index in [9.17, 15) is 13.2 Å². The van der Waals surface area contributed by atoms with E-state index in [1.54, 1.807) is 59.8 Å². The number of benzene rings is 2. The third-order valence-electron chi connectivity index (χ3n) is 6.11. The molecule has 1 aliphatic heterocycles. The number of carbonyl (C=O) groups excluding carboxylic acids is 1. The highest BCUT2D eigenvalue weighted by Gasteiger charge is 2.34. The first-order valence-corrected chi connectivity index (χ1v) is 14.4. The molecule has 0 N–H and O–H groups in total. The number of aromatic nitrogens is 3. The number of likely N-dealkylation sites (tertiary alicyclic amines) is 1. The topological polar surface area (TPSA) is 97.6 Å². The number of anilines is 1. The molecule has 1 fully saturated rings. The summed E-state index contributed by atoms with van der Waals surface area (Å²) in [6, 6.07) is 13.4. The fraction of sp³-hybridized carbons (Fsp3) is 0.444. The first kappa shape index (κ1) is 27.9. The van der Waals surface area contributed by atoms with E-state index in [2.05, 4.69) is 10.2 Å². The highest BCUT2D eigenvalue weighted by atomic mass is 35.5. The Labute approximate surface area is 229 Å². The van der Waals surface area contributed by atoms with Crippen LogP contribution in [0.3, 0.4) is 0 Å². The number of ether oxygens (including phenoxy) is 1. The third-order valence-corrected chi connectivity index (χ3v) is 8.14. The standard InChI is InChI=1S/C27H34ClN5O4S/c1-19(2)16-33(38(35,36)22-9-7-6-8-10-22)24-12-11-20(28)15-23(24)25-30-29-18-32(25)21-13-14-31(17-21)26(34)37-27(3,4)5/h6-12,15,18-19,21H,13-14,16-17H2,1-5H3. The van der Waals surface area contributed by atoms with Crippen molar-refractivity contribution in [2.24, 2.45) is 5.92 Å². The molecule has 0 saturated carbocycles. The number of halogens is 1. The number of carbonyl (C=O) groups is 1. The average Bonchev–Trinajstić information content (AvgIpc) is 3.52. The van der Waals surface area contributed by atoms with Crippen molar-refractivity contribution in [1.29, 1.82) is 0 Å². The molecule has 2 aromatic carbocycles. The van der Waals surface area contributed by atoms with Crippen molar-refractivity contribution in [3.63, 3.8) is 0 Å². The second-order valence-electron chi connectivity index (χ2n) is 10.8. The third kappa shape index (κ3) is 6.13. The van der Waals surface area contributed by atoms with Gasteiger partial charge in [0.25, 0.3) is 10.0 Å². The van der Waals surface area contributed by atoms with Crippen LogP contribution in [0.15, 0.2) is 59.8 Å². The second kappa shape index (κ2) is 10.9. The highest BCUT2D eigenvalue weighted by molar-refractivity contribution is 7.92. The largest absolute Gasteiger partial charge is 0.444 e. The van der Waals surface area contributed by atoms with Crippen LogP contribution in [0.5, 0.6) is 0 Å². The van der Waals surface area contributed by atoms with Gasteiger partial charge in [0.15, 0.2) is 5.82 Å². The van der Waals surface area contributed by atoms with Gasteiger partial charge < -0.3 is 14.2 Å². The van der Waals surface area contributed by atoms with Gasteiger partial charge in [0, 0.05) is 30.2 Å². The predicted molar refractivity (Wildman–Crippen MR) is 148 cm³/mol. The molecule has 0 bridgehead atoms. The SMILES string of the molecule is CC(C)CN(c1ccc(Cl)cc1-c1nncn1C1CCN(C(=O)OC(C)(C)C)C1)S(=O)(=O)c1ccccc1. The molecule has 1 saturated heterocycles. The summed E-state index contributed by atoms with van der Waals surface area (Å²) in [6.45, 7) is 10.7. The van der Waals surface area contributed by atoms with Crippen molar-refractivity contribution in [2.75, 3.05) is 23.9 Å². The van der Waals surface area contributed by atoms with E-state index in [1.807, 2.05) is 39.2 Å². The van der Waals surface area contributed by atoms with Gasteiger partial charge in [0.1, 0.15) is 11.9 Å². The normalized spacial score (nSPS) is 16.2. The van der Waals surface area contributed by atoms with Crippen LogP contribution in [0.25, 0.3) is 11.4 Å². The van der Waals surface area contributed by atoms with E-state index in [-0.39, 0.29) is 29.5 Å². The Morgan fingerprint density at radius 2 is 1.89 bits per heavy atom. The lowest BCUT2D eigenvalue weighted by molar-refractivity contribution is 0.0289. The van der Waals surface area contributed by atoms with E-state index < -0.39 is 15.6 Å². The molecule has 1 atom stereocenters. The fourth-order valence-corrected chi connectivity index (χ4v) is 6.29. The van der Waals surface area contributed by atoms with Gasteiger partial charge in [-0.3, -0.25) is 4.31 Å². The Morgan fingerprint density at radius 1 is 1.18 bits per heavy atom. The Balaban J connectivity index is 1.74. The maximum atomic E-state index is 13.8. The van der Waals surface area contributed by atoms with Gasteiger partial charge in [-0.1, -0.05) is 43.6 Å². The van der Waals surface area contributed by atoms with Crippen molar-refractivity contribution in [3.8, 4) is 11.4 Å². The molecule has 1 aliphatic rings. The number of amides is 1. The zero-order valence-electron chi connectivity index (χ0n) is 22.3. The highest BCUT2D eigenvalue weighted by Crippen LogP contribution is 2.38. The van der Waals surface area contributed by atoms with Crippen LogP contribution in [-0.2, 0) is 14.8 Å². The van der Waals surface area contributed by atoms with Gasteiger partial charge in [0.2, 0.25) is 0 Å². The maximum Gasteiger partial charge on any atom is 0.410 e. The molecule has 0 spiro atoms. The van der Waals surface area contributed by atoms with Crippen LogP contribution in [-0.4, -0.2) is 59.4 Å². The summed E-state index contributed by atoms with van der Waals surface area (Å²) >= 11 is 6.42. The summed E-state index contributed by atoms with van der Waals surface area (Å²) < 4.78 is 36.5. The number of hydrogen-bond acceptors (Lipinski definition) is 6. The quantitative estimate of drug-likeness (QED) is 0.372. The lowest BCUT2D eigenvalue weighted by Crippen LogP contribution is -2.35. The summed E-state index contributed by atoms with van der Waals surface area (Å²) in [7, 11) is -3.88. The molecule has 2 heterocycles. The van der Waals surface area contributed by atoms with Gasteiger partial charge in [0.05, 0.1) is 16.6 Å². The Hall–Kier alpha value is -3.11. The molecular weight excluding hydrogens is 526 g/mol. The lowest BCUT2D eigenvalue weighted by Gasteiger charge is -2.28. The van der Waals surface area contributed by atoms with Crippen LogP contribution in [0.4, 0.5) is 10.5 Å². The van der Waals surface area contributed by atoms with Crippen molar-refractivity contribution < 1.29 is 17.9 Å². The minimum absolute atomic E-state index is 0.0482. The van der Waals surface area contributed by atoms with E-state index in [1.165, 1.54) is 4.31 Å². The molecule has 1 unspecified atom stereocenters. The zero-order valence-corrected chi connectivity index (χ0v) is 23.9. The first-order valence-electron chi connectivity index (χ1n) is 12.6. The van der Waals surface area contributed by atoms with Gasteiger partial charge in [-0.2, -0.15) is 0 Å². The molecule has 0 radical (unpaired) electrons.